The zero-order chi connectivity index (χ0) is 17.3. The van der Waals surface area contributed by atoms with Crippen molar-refractivity contribution in [1.29, 1.82) is 0 Å². The molecule has 6 heteroatoms. The molecule has 0 saturated carbocycles. The van der Waals surface area contributed by atoms with Crippen LogP contribution in [0.3, 0.4) is 0 Å². The minimum absolute atomic E-state index is 0.0511. The van der Waals surface area contributed by atoms with Crippen molar-refractivity contribution in [3.63, 3.8) is 0 Å². The average molecular weight is 339 g/mol. The second-order valence-corrected chi connectivity index (χ2v) is 9.35. The molecule has 1 aromatic rings. The summed E-state index contributed by atoms with van der Waals surface area (Å²) in [5, 5.41) is 0. The van der Waals surface area contributed by atoms with Crippen molar-refractivity contribution in [2.24, 2.45) is 0 Å². The Morgan fingerprint density at radius 1 is 1.26 bits per heavy atom. The van der Waals surface area contributed by atoms with Gasteiger partial charge in [0, 0.05) is 13.1 Å². The molecule has 0 bridgehead atoms. The van der Waals surface area contributed by atoms with Crippen molar-refractivity contribution in [3.05, 3.63) is 29.8 Å². The van der Waals surface area contributed by atoms with Crippen molar-refractivity contribution >= 4 is 15.7 Å². The third kappa shape index (κ3) is 4.70. The van der Waals surface area contributed by atoms with E-state index in [1.807, 2.05) is 24.3 Å². The minimum Gasteiger partial charge on any atom is -0.484 e. The number of rotatable bonds is 4. The van der Waals surface area contributed by atoms with E-state index in [0.717, 1.165) is 0 Å². The van der Waals surface area contributed by atoms with E-state index in [1.165, 1.54) is 10.5 Å². The molecule has 1 heterocycles. The molecular weight excluding hydrogens is 314 g/mol. The molecule has 0 unspecified atom stereocenters. The van der Waals surface area contributed by atoms with Gasteiger partial charge in [0.2, 0.25) is 0 Å². The molecule has 0 aliphatic carbocycles. The van der Waals surface area contributed by atoms with Crippen molar-refractivity contribution in [1.82, 2.24) is 4.90 Å². The molecule has 2 rings (SSSR count). The van der Waals surface area contributed by atoms with Gasteiger partial charge >= 0.3 is 0 Å². The number of hydrogen-bond donors (Lipinski definition) is 0. The van der Waals surface area contributed by atoms with E-state index in [1.54, 1.807) is 7.05 Å². The Morgan fingerprint density at radius 2 is 1.87 bits per heavy atom. The highest BCUT2D eigenvalue weighted by Crippen LogP contribution is 2.24. The largest absolute Gasteiger partial charge is 0.484 e. The maximum atomic E-state index is 12.1. The fourth-order valence-corrected chi connectivity index (χ4v) is 4.36. The van der Waals surface area contributed by atoms with Crippen LogP contribution in [0.2, 0.25) is 0 Å². The maximum absolute atomic E-state index is 12.1. The lowest BCUT2D eigenvalue weighted by Gasteiger charge is -2.23. The van der Waals surface area contributed by atoms with Gasteiger partial charge in [0.05, 0.1) is 11.5 Å². The van der Waals surface area contributed by atoms with Crippen LogP contribution in [-0.4, -0.2) is 50.4 Å². The second-order valence-electron chi connectivity index (χ2n) is 7.12. The monoisotopic (exact) mass is 339 g/mol. The summed E-state index contributed by atoms with van der Waals surface area (Å²) in [5.74, 6) is 0.644. The normalized spacial score (nSPS) is 20.3. The standard InChI is InChI=1S/C17H25NO4S/c1-17(2,3)13-5-7-15(8-6-13)22-11-16(19)18(4)14-9-10-23(20,21)12-14/h5-8,14H,9-12H2,1-4H3/t14-/m0/s1. The van der Waals surface area contributed by atoms with E-state index in [4.69, 9.17) is 4.74 Å². The van der Waals surface area contributed by atoms with Crippen LogP contribution in [0.4, 0.5) is 0 Å². The van der Waals surface area contributed by atoms with E-state index in [-0.39, 0.29) is 35.5 Å². The van der Waals surface area contributed by atoms with Crippen LogP contribution in [0, 0.1) is 0 Å². The summed E-state index contributed by atoms with van der Waals surface area (Å²) in [5.41, 5.74) is 1.27. The van der Waals surface area contributed by atoms with Gasteiger partial charge in [-0.25, -0.2) is 8.42 Å². The third-order valence-corrected chi connectivity index (χ3v) is 5.98. The van der Waals surface area contributed by atoms with Gasteiger partial charge in [-0.1, -0.05) is 32.9 Å². The lowest BCUT2D eigenvalue weighted by atomic mass is 9.87. The van der Waals surface area contributed by atoms with Gasteiger partial charge in [0.1, 0.15) is 5.75 Å². The van der Waals surface area contributed by atoms with Crippen LogP contribution in [0.1, 0.15) is 32.8 Å². The lowest BCUT2D eigenvalue weighted by molar-refractivity contribution is -0.133. The highest BCUT2D eigenvalue weighted by atomic mass is 32.2. The van der Waals surface area contributed by atoms with Gasteiger partial charge in [-0.05, 0) is 29.5 Å². The number of carbonyl (C=O) groups excluding carboxylic acids is 1. The van der Waals surface area contributed by atoms with Crippen LogP contribution in [0.5, 0.6) is 5.75 Å². The average Bonchev–Trinajstić information content (AvgIpc) is 2.83. The van der Waals surface area contributed by atoms with Gasteiger partial charge in [0.25, 0.3) is 5.91 Å². The Kier molecular flexibility index (Phi) is 5.04. The molecule has 1 aromatic carbocycles. The fourth-order valence-electron chi connectivity index (χ4n) is 2.58. The van der Waals surface area contributed by atoms with E-state index >= 15 is 0 Å². The molecule has 0 radical (unpaired) electrons. The summed E-state index contributed by atoms with van der Waals surface area (Å²) >= 11 is 0. The first kappa shape index (κ1) is 17.8. The topological polar surface area (TPSA) is 63.7 Å². The predicted octanol–water partition coefficient (Wildman–Crippen LogP) is 2.01. The number of carbonyl (C=O) groups is 1. The Hall–Kier alpha value is -1.56. The second kappa shape index (κ2) is 6.51. The number of ether oxygens (including phenoxy) is 1. The molecule has 1 fully saturated rings. The van der Waals surface area contributed by atoms with E-state index in [2.05, 4.69) is 20.8 Å². The number of likely N-dealkylation sites (N-methyl/N-ethyl adjacent to an activating group) is 1. The lowest BCUT2D eigenvalue weighted by Crippen LogP contribution is -2.40. The number of nitrogens with zero attached hydrogens (tertiary/aromatic N) is 1. The number of amides is 1. The van der Waals surface area contributed by atoms with Gasteiger partial charge in [-0.15, -0.1) is 0 Å². The Bertz CT molecular complexity index is 659. The van der Waals surface area contributed by atoms with Crippen LogP contribution in [0.15, 0.2) is 24.3 Å². The zero-order valence-electron chi connectivity index (χ0n) is 14.2. The molecule has 1 saturated heterocycles. The zero-order valence-corrected chi connectivity index (χ0v) is 15.0. The minimum atomic E-state index is -2.99. The first-order valence-corrected chi connectivity index (χ1v) is 9.60. The summed E-state index contributed by atoms with van der Waals surface area (Å²) in [6.07, 6.45) is 0.505. The highest BCUT2D eigenvalue weighted by Gasteiger charge is 2.32. The quantitative estimate of drug-likeness (QED) is 0.842. The predicted molar refractivity (Wildman–Crippen MR) is 90.5 cm³/mol. The Morgan fingerprint density at radius 3 is 2.35 bits per heavy atom. The van der Waals surface area contributed by atoms with Gasteiger partial charge in [-0.3, -0.25) is 4.79 Å². The summed E-state index contributed by atoms with van der Waals surface area (Å²) in [7, 11) is -1.36. The summed E-state index contributed by atoms with van der Waals surface area (Å²) in [6.45, 7) is 6.33. The molecule has 128 valence electrons. The molecular formula is C17H25NO4S. The maximum Gasteiger partial charge on any atom is 0.260 e. The fraction of sp³-hybridized carbons (Fsp3) is 0.588. The first-order chi connectivity index (χ1) is 10.6. The SMILES string of the molecule is CN(C(=O)COc1ccc(C(C)(C)C)cc1)[C@H]1CCS(=O)(=O)C1. The Labute approximate surface area is 138 Å². The van der Waals surface area contributed by atoms with Crippen molar-refractivity contribution in [2.45, 2.75) is 38.6 Å². The number of sulfone groups is 1. The van der Waals surface area contributed by atoms with Crippen molar-refractivity contribution < 1.29 is 17.9 Å². The molecule has 1 amide bonds. The van der Waals surface area contributed by atoms with E-state index in [9.17, 15) is 13.2 Å². The third-order valence-electron chi connectivity index (χ3n) is 4.23. The molecule has 1 aliphatic heterocycles. The number of hydrogen-bond acceptors (Lipinski definition) is 4. The van der Waals surface area contributed by atoms with E-state index in [0.29, 0.717) is 12.2 Å². The molecule has 23 heavy (non-hydrogen) atoms. The van der Waals surface area contributed by atoms with Crippen LogP contribution in [-0.2, 0) is 20.0 Å². The van der Waals surface area contributed by atoms with E-state index < -0.39 is 9.84 Å². The van der Waals surface area contributed by atoms with Crippen LogP contribution in [0.25, 0.3) is 0 Å². The molecule has 0 spiro atoms. The van der Waals surface area contributed by atoms with Crippen LogP contribution >= 0.6 is 0 Å². The number of benzene rings is 1. The molecule has 0 N–H and O–H groups in total. The van der Waals surface area contributed by atoms with Crippen LogP contribution < -0.4 is 4.74 Å². The summed E-state index contributed by atoms with van der Waals surface area (Å²) < 4.78 is 28.5. The van der Waals surface area contributed by atoms with Gasteiger partial charge < -0.3 is 9.64 Å². The first-order valence-electron chi connectivity index (χ1n) is 7.78. The van der Waals surface area contributed by atoms with Crippen molar-refractivity contribution in [2.75, 3.05) is 25.2 Å². The van der Waals surface area contributed by atoms with Gasteiger partial charge in [0.15, 0.2) is 16.4 Å². The summed E-state index contributed by atoms with van der Waals surface area (Å²) in [6, 6.07) is 7.46. The molecule has 5 nitrogen and oxygen atoms in total. The highest BCUT2D eigenvalue weighted by molar-refractivity contribution is 7.91. The molecule has 0 aromatic heterocycles. The summed E-state index contributed by atoms with van der Waals surface area (Å²) in [4.78, 5) is 13.6. The molecule has 1 atom stereocenters. The van der Waals surface area contributed by atoms with Gasteiger partial charge in [-0.2, -0.15) is 0 Å². The smallest absolute Gasteiger partial charge is 0.260 e. The Balaban J connectivity index is 1.89. The molecule has 1 aliphatic rings. The van der Waals surface area contributed by atoms with Crippen molar-refractivity contribution in [3.8, 4) is 5.75 Å².